The maximum atomic E-state index is 12.6. The molecule has 0 aliphatic carbocycles. The van der Waals surface area contributed by atoms with Crippen LogP contribution in [0.15, 0.2) is 42.7 Å². The Morgan fingerprint density at radius 1 is 1.22 bits per heavy atom. The Labute approximate surface area is 134 Å². The van der Waals surface area contributed by atoms with Crippen LogP contribution in [-0.4, -0.2) is 40.0 Å². The van der Waals surface area contributed by atoms with Crippen LogP contribution in [0.25, 0.3) is 11.1 Å². The number of hydrogen-bond acceptors (Lipinski definition) is 3. The molecule has 118 valence electrons. The minimum absolute atomic E-state index is 0.157. The smallest absolute Gasteiger partial charge is 0.308 e. The van der Waals surface area contributed by atoms with Gasteiger partial charge in [0.15, 0.2) is 0 Å². The summed E-state index contributed by atoms with van der Waals surface area (Å²) in [5.41, 5.74) is 3.53. The van der Waals surface area contributed by atoms with Gasteiger partial charge in [0.05, 0.1) is 11.5 Å². The Balaban J connectivity index is 1.83. The largest absolute Gasteiger partial charge is 0.481 e. The van der Waals surface area contributed by atoms with Crippen molar-refractivity contribution in [3.05, 3.63) is 53.9 Å². The van der Waals surface area contributed by atoms with E-state index in [-0.39, 0.29) is 12.5 Å². The molecule has 1 aromatic heterocycles. The molecule has 1 fully saturated rings. The van der Waals surface area contributed by atoms with Gasteiger partial charge in [-0.2, -0.15) is 0 Å². The number of benzene rings is 1. The quantitative estimate of drug-likeness (QED) is 0.946. The third kappa shape index (κ3) is 3.23. The van der Waals surface area contributed by atoms with Gasteiger partial charge in [-0.15, -0.1) is 0 Å². The predicted molar refractivity (Wildman–Crippen MR) is 86.1 cm³/mol. The summed E-state index contributed by atoms with van der Waals surface area (Å²) in [6.07, 6.45) is 3.78. The second-order valence-electron chi connectivity index (χ2n) is 5.91. The van der Waals surface area contributed by atoms with E-state index < -0.39 is 11.9 Å². The normalized spacial score (nSPS) is 17.3. The summed E-state index contributed by atoms with van der Waals surface area (Å²) in [5, 5.41) is 9.05. The fourth-order valence-electron chi connectivity index (χ4n) is 2.87. The van der Waals surface area contributed by atoms with Crippen molar-refractivity contribution in [1.82, 2.24) is 9.88 Å². The zero-order valence-electron chi connectivity index (χ0n) is 12.9. The molecule has 1 N–H and O–H groups in total. The zero-order chi connectivity index (χ0) is 16.4. The summed E-state index contributed by atoms with van der Waals surface area (Å²) in [6.45, 7) is 2.76. The number of carbonyl (C=O) groups excluding carboxylic acids is 1. The average molecular weight is 310 g/mol. The number of rotatable bonds is 3. The molecule has 5 nitrogen and oxygen atoms in total. The topological polar surface area (TPSA) is 70.5 Å². The first kappa shape index (κ1) is 15.2. The molecule has 0 spiro atoms. The molecular weight excluding hydrogens is 292 g/mol. The number of aryl methyl sites for hydroxylation is 1. The molecule has 1 amide bonds. The number of carboxylic acids is 1. The van der Waals surface area contributed by atoms with Gasteiger partial charge in [0.1, 0.15) is 0 Å². The molecule has 2 heterocycles. The SMILES string of the molecule is Cc1cccc(-c2cncc(C(=O)N3CCC(C(=O)O)C3)c2)c1. The molecule has 1 aliphatic rings. The number of pyridine rings is 1. The van der Waals surface area contributed by atoms with E-state index in [4.69, 9.17) is 5.11 Å². The lowest BCUT2D eigenvalue weighted by atomic mass is 10.0. The number of aliphatic carboxylic acids is 1. The van der Waals surface area contributed by atoms with Gasteiger partial charge in [0.2, 0.25) is 0 Å². The van der Waals surface area contributed by atoms with Gasteiger partial charge in [-0.1, -0.05) is 29.8 Å². The second-order valence-corrected chi connectivity index (χ2v) is 5.91. The van der Waals surface area contributed by atoms with Gasteiger partial charge in [0.25, 0.3) is 5.91 Å². The Hall–Kier alpha value is -2.69. The molecule has 3 rings (SSSR count). The van der Waals surface area contributed by atoms with E-state index in [1.165, 1.54) is 6.20 Å². The summed E-state index contributed by atoms with van der Waals surface area (Å²) in [6, 6.07) is 9.83. The number of likely N-dealkylation sites (tertiary alicyclic amines) is 1. The van der Waals surface area contributed by atoms with Crippen molar-refractivity contribution in [3.8, 4) is 11.1 Å². The molecule has 1 aromatic carbocycles. The van der Waals surface area contributed by atoms with Crippen LogP contribution in [0.4, 0.5) is 0 Å². The molecule has 0 saturated carbocycles. The summed E-state index contributed by atoms with van der Waals surface area (Å²) in [4.78, 5) is 29.4. The molecule has 1 saturated heterocycles. The first-order valence-electron chi connectivity index (χ1n) is 7.59. The maximum Gasteiger partial charge on any atom is 0.308 e. The Kier molecular flexibility index (Phi) is 4.10. The van der Waals surface area contributed by atoms with Crippen LogP contribution < -0.4 is 0 Å². The van der Waals surface area contributed by atoms with Crippen molar-refractivity contribution >= 4 is 11.9 Å². The van der Waals surface area contributed by atoms with Gasteiger partial charge >= 0.3 is 5.97 Å². The zero-order valence-corrected chi connectivity index (χ0v) is 12.9. The van der Waals surface area contributed by atoms with Crippen LogP contribution in [0.2, 0.25) is 0 Å². The monoisotopic (exact) mass is 310 g/mol. The fourth-order valence-corrected chi connectivity index (χ4v) is 2.87. The van der Waals surface area contributed by atoms with Gasteiger partial charge < -0.3 is 10.0 Å². The highest BCUT2D eigenvalue weighted by Crippen LogP contribution is 2.23. The predicted octanol–water partition coefficient (Wildman–Crippen LogP) is 2.60. The van der Waals surface area contributed by atoms with Gasteiger partial charge in [-0.25, -0.2) is 0 Å². The summed E-state index contributed by atoms with van der Waals surface area (Å²) in [5.74, 6) is -1.46. The Morgan fingerprint density at radius 3 is 2.74 bits per heavy atom. The Morgan fingerprint density at radius 2 is 2.04 bits per heavy atom. The van der Waals surface area contributed by atoms with Crippen molar-refractivity contribution in [3.63, 3.8) is 0 Å². The van der Waals surface area contributed by atoms with Gasteiger partial charge in [-0.3, -0.25) is 14.6 Å². The van der Waals surface area contributed by atoms with Crippen molar-refractivity contribution in [2.75, 3.05) is 13.1 Å². The van der Waals surface area contributed by atoms with Crippen molar-refractivity contribution < 1.29 is 14.7 Å². The van der Waals surface area contributed by atoms with Crippen LogP contribution in [-0.2, 0) is 4.79 Å². The lowest BCUT2D eigenvalue weighted by Crippen LogP contribution is -2.30. The van der Waals surface area contributed by atoms with Crippen LogP contribution in [0, 0.1) is 12.8 Å². The van der Waals surface area contributed by atoms with E-state index in [9.17, 15) is 9.59 Å². The number of carbonyl (C=O) groups is 2. The molecule has 0 bridgehead atoms. The molecule has 5 heteroatoms. The summed E-state index contributed by atoms with van der Waals surface area (Å²) in [7, 11) is 0. The maximum absolute atomic E-state index is 12.6. The Bertz CT molecular complexity index is 757. The first-order valence-corrected chi connectivity index (χ1v) is 7.59. The lowest BCUT2D eigenvalue weighted by Gasteiger charge is -2.16. The molecule has 1 unspecified atom stereocenters. The van der Waals surface area contributed by atoms with E-state index >= 15 is 0 Å². The number of nitrogens with zero attached hydrogens (tertiary/aromatic N) is 2. The van der Waals surface area contributed by atoms with Gasteiger partial charge in [-0.05, 0) is 25.0 Å². The third-order valence-corrected chi connectivity index (χ3v) is 4.16. The fraction of sp³-hybridized carbons (Fsp3) is 0.278. The highest BCUT2D eigenvalue weighted by atomic mass is 16.4. The van der Waals surface area contributed by atoms with E-state index in [2.05, 4.69) is 4.98 Å². The third-order valence-electron chi connectivity index (χ3n) is 4.16. The van der Waals surface area contributed by atoms with Crippen molar-refractivity contribution in [2.24, 2.45) is 5.92 Å². The van der Waals surface area contributed by atoms with E-state index in [1.54, 1.807) is 11.1 Å². The van der Waals surface area contributed by atoms with E-state index in [0.717, 1.165) is 16.7 Å². The molecular formula is C18H18N2O3. The number of aromatic nitrogens is 1. The van der Waals surface area contributed by atoms with Crippen LogP contribution >= 0.6 is 0 Å². The first-order chi connectivity index (χ1) is 11.0. The second kappa shape index (κ2) is 6.20. The highest BCUT2D eigenvalue weighted by Gasteiger charge is 2.31. The van der Waals surface area contributed by atoms with Crippen LogP contribution in [0.1, 0.15) is 22.3 Å². The van der Waals surface area contributed by atoms with E-state index in [1.807, 2.05) is 37.3 Å². The number of carboxylic acid groups (broad SMARTS) is 1. The standard InChI is InChI=1S/C18H18N2O3/c1-12-3-2-4-13(7-12)15-8-16(10-19-9-15)17(21)20-6-5-14(11-20)18(22)23/h2-4,7-10,14H,5-6,11H2,1H3,(H,22,23). The van der Waals surface area contributed by atoms with Crippen molar-refractivity contribution in [1.29, 1.82) is 0 Å². The van der Waals surface area contributed by atoms with Crippen molar-refractivity contribution in [2.45, 2.75) is 13.3 Å². The molecule has 2 aromatic rings. The molecule has 1 aliphatic heterocycles. The summed E-state index contributed by atoms with van der Waals surface area (Å²) >= 11 is 0. The minimum atomic E-state index is -0.841. The van der Waals surface area contributed by atoms with E-state index in [0.29, 0.717) is 18.5 Å². The average Bonchev–Trinajstić information content (AvgIpc) is 3.04. The molecule has 0 radical (unpaired) electrons. The number of amides is 1. The van der Waals surface area contributed by atoms with Gasteiger partial charge in [0, 0.05) is 31.0 Å². The molecule has 1 atom stereocenters. The summed E-state index contributed by atoms with van der Waals surface area (Å²) < 4.78 is 0. The highest BCUT2D eigenvalue weighted by molar-refractivity contribution is 5.95. The lowest BCUT2D eigenvalue weighted by molar-refractivity contribution is -0.141. The minimum Gasteiger partial charge on any atom is -0.481 e. The van der Waals surface area contributed by atoms with Crippen LogP contribution in [0.5, 0.6) is 0 Å². The number of hydrogen-bond donors (Lipinski definition) is 1. The van der Waals surface area contributed by atoms with Crippen LogP contribution in [0.3, 0.4) is 0 Å². The molecule has 23 heavy (non-hydrogen) atoms.